The second kappa shape index (κ2) is 2.68. The molecule has 0 bridgehead atoms. The van der Waals surface area contributed by atoms with Crippen molar-refractivity contribution in [3.05, 3.63) is 30.0 Å². The van der Waals surface area contributed by atoms with Crippen molar-refractivity contribution in [1.29, 1.82) is 0 Å². The van der Waals surface area contributed by atoms with Gasteiger partial charge in [0.05, 0.1) is 12.9 Å². The highest BCUT2D eigenvalue weighted by atomic mass is 16.3. The second-order valence-electron chi connectivity index (χ2n) is 2.91. The molecule has 0 radical (unpaired) electrons. The Balaban J connectivity index is 2.75. The first kappa shape index (κ1) is 7.43. The summed E-state index contributed by atoms with van der Waals surface area (Å²) in [6.45, 7) is 0.0853. The molecule has 0 fully saturated rings. The number of hydrogen-bond acceptors (Lipinski definition) is 2. The molecule has 1 aromatic heterocycles. The van der Waals surface area contributed by atoms with Crippen LogP contribution in [-0.2, 0) is 6.61 Å². The van der Waals surface area contributed by atoms with Crippen LogP contribution in [0.25, 0.3) is 11.0 Å². The van der Waals surface area contributed by atoms with Gasteiger partial charge in [-0.3, -0.25) is 0 Å². The summed E-state index contributed by atoms with van der Waals surface area (Å²) in [5, 5.41) is 9.98. The van der Waals surface area contributed by atoms with Crippen molar-refractivity contribution in [3.63, 3.8) is 0 Å². The van der Waals surface area contributed by atoms with E-state index in [0.29, 0.717) is 0 Å². The number of furan rings is 1. The molecule has 2 nitrogen and oxygen atoms in total. The first-order valence-corrected chi connectivity index (χ1v) is 3.89. The Bertz CT molecular complexity index is 406. The largest absolute Gasteiger partial charge is 0.465 e. The highest BCUT2D eigenvalue weighted by molar-refractivity contribution is 6.38. The van der Waals surface area contributed by atoms with E-state index in [1.165, 1.54) is 0 Å². The molecule has 1 N–H and O–H groups in total. The molecule has 60 valence electrons. The Morgan fingerprint density at radius 3 is 3.00 bits per heavy atom. The average molecular weight is 160 g/mol. The lowest BCUT2D eigenvalue weighted by Crippen LogP contribution is -2.04. The summed E-state index contributed by atoms with van der Waals surface area (Å²) in [6.07, 6.45) is 1.67. The van der Waals surface area contributed by atoms with Crippen LogP contribution in [0.1, 0.15) is 5.56 Å². The molecule has 0 saturated carbocycles. The van der Waals surface area contributed by atoms with E-state index in [4.69, 9.17) is 9.52 Å². The van der Waals surface area contributed by atoms with E-state index in [1.807, 2.05) is 26.0 Å². The molecule has 0 amide bonds. The van der Waals surface area contributed by atoms with Crippen molar-refractivity contribution in [1.82, 2.24) is 0 Å². The fourth-order valence-electron chi connectivity index (χ4n) is 1.43. The summed E-state index contributed by atoms with van der Waals surface area (Å²) >= 11 is 0. The van der Waals surface area contributed by atoms with Crippen LogP contribution in [0.3, 0.4) is 0 Å². The zero-order valence-corrected chi connectivity index (χ0v) is 6.87. The van der Waals surface area contributed by atoms with Crippen LogP contribution in [0.15, 0.2) is 28.9 Å². The van der Waals surface area contributed by atoms with E-state index in [2.05, 4.69) is 0 Å². The van der Waals surface area contributed by atoms with E-state index in [1.54, 1.807) is 6.26 Å². The second-order valence-corrected chi connectivity index (χ2v) is 2.91. The Kier molecular flexibility index (Phi) is 1.66. The van der Waals surface area contributed by atoms with E-state index in [9.17, 15) is 0 Å². The average Bonchev–Trinajstić information content (AvgIpc) is 2.52. The normalized spacial score (nSPS) is 10.8. The van der Waals surface area contributed by atoms with Gasteiger partial charge in [0, 0.05) is 5.39 Å². The summed E-state index contributed by atoms with van der Waals surface area (Å²) in [6, 6.07) is 5.78. The van der Waals surface area contributed by atoms with Gasteiger partial charge in [-0.2, -0.15) is 0 Å². The molecular weight excluding hydrogens is 151 g/mol. The Labute approximate surface area is 71.2 Å². The minimum atomic E-state index is 0.0853. The fraction of sp³-hybridized carbons (Fsp3) is 0.111. The third kappa shape index (κ3) is 1.03. The van der Waals surface area contributed by atoms with E-state index in [-0.39, 0.29) is 6.61 Å². The van der Waals surface area contributed by atoms with E-state index >= 15 is 0 Å². The Morgan fingerprint density at radius 2 is 2.25 bits per heavy atom. The summed E-state index contributed by atoms with van der Waals surface area (Å²) in [5.41, 5.74) is 2.91. The van der Waals surface area contributed by atoms with Crippen molar-refractivity contribution in [2.45, 2.75) is 6.61 Å². The number of benzene rings is 1. The van der Waals surface area contributed by atoms with Crippen LogP contribution in [0.2, 0.25) is 0 Å². The minimum Gasteiger partial charge on any atom is -0.465 e. The molecule has 0 spiro atoms. The molecule has 2 rings (SSSR count). The predicted molar refractivity (Wildman–Crippen MR) is 50.3 cm³/mol. The molecule has 1 heterocycles. The number of rotatable bonds is 1. The number of aliphatic hydroxyl groups excluding tert-OH is 1. The Hall–Kier alpha value is -1.22. The molecule has 0 atom stereocenters. The molecule has 0 unspecified atom stereocenters. The Morgan fingerprint density at radius 1 is 1.42 bits per heavy atom. The molecule has 12 heavy (non-hydrogen) atoms. The van der Waals surface area contributed by atoms with Gasteiger partial charge >= 0.3 is 0 Å². The maximum atomic E-state index is 8.93. The SMILES string of the molecule is Bc1cc(CO)cc2ccoc12. The van der Waals surface area contributed by atoms with Crippen molar-refractivity contribution in [3.8, 4) is 0 Å². The van der Waals surface area contributed by atoms with Crippen molar-refractivity contribution < 1.29 is 9.52 Å². The zero-order valence-electron chi connectivity index (χ0n) is 6.87. The molecule has 3 heteroatoms. The molecular formula is C9H9BO2. The third-order valence-corrected chi connectivity index (χ3v) is 1.98. The van der Waals surface area contributed by atoms with Crippen molar-refractivity contribution in [2.24, 2.45) is 0 Å². The number of fused-ring (bicyclic) bond motifs is 1. The van der Waals surface area contributed by atoms with Crippen LogP contribution in [-0.4, -0.2) is 13.0 Å². The van der Waals surface area contributed by atoms with Gasteiger partial charge < -0.3 is 9.52 Å². The molecule has 0 aliphatic rings. The number of hydrogen-bond donors (Lipinski definition) is 1. The topological polar surface area (TPSA) is 33.4 Å². The van der Waals surface area contributed by atoms with Gasteiger partial charge in [-0.05, 0) is 23.2 Å². The van der Waals surface area contributed by atoms with Crippen molar-refractivity contribution >= 4 is 24.3 Å². The smallest absolute Gasteiger partial charge is 0.144 e. The van der Waals surface area contributed by atoms with Gasteiger partial charge in [0.15, 0.2) is 0 Å². The monoisotopic (exact) mass is 160 g/mol. The van der Waals surface area contributed by atoms with Crippen molar-refractivity contribution in [2.75, 3.05) is 0 Å². The first-order chi connectivity index (χ1) is 5.81. The van der Waals surface area contributed by atoms with E-state index in [0.717, 1.165) is 22.0 Å². The highest BCUT2D eigenvalue weighted by Gasteiger charge is 2.01. The molecule has 0 saturated heterocycles. The van der Waals surface area contributed by atoms with Crippen LogP contribution in [0.5, 0.6) is 0 Å². The maximum absolute atomic E-state index is 8.93. The lowest BCUT2D eigenvalue weighted by atomic mass is 9.92. The predicted octanol–water partition coefficient (Wildman–Crippen LogP) is 0.184. The number of aliphatic hydroxyl groups is 1. The van der Waals surface area contributed by atoms with Crippen LogP contribution >= 0.6 is 0 Å². The summed E-state index contributed by atoms with van der Waals surface area (Å²) in [4.78, 5) is 0. The van der Waals surface area contributed by atoms with Crippen LogP contribution in [0, 0.1) is 0 Å². The van der Waals surface area contributed by atoms with Crippen LogP contribution in [0.4, 0.5) is 0 Å². The highest BCUT2D eigenvalue weighted by Crippen LogP contribution is 2.14. The fourth-order valence-corrected chi connectivity index (χ4v) is 1.43. The standard InChI is InChI=1S/C9H9BO2/c10-8-4-6(5-11)3-7-1-2-12-9(7)8/h1-4,11H,5,10H2. The summed E-state index contributed by atoms with van der Waals surface area (Å²) in [5.74, 6) is 0. The molecule has 0 aliphatic carbocycles. The van der Waals surface area contributed by atoms with Gasteiger partial charge in [-0.15, -0.1) is 0 Å². The summed E-state index contributed by atoms with van der Waals surface area (Å²) < 4.78 is 5.27. The van der Waals surface area contributed by atoms with Gasteiger partial charge in [-0.1, -0.05) is 6.07 Å². The summed E-state index contributed by atoms with van der Waals surface area (Å²) in [7, 11) is 1.98. The maximum Gasteiger partial charge on any atom is 0.144 e. The zero-order chi connectivity index (χ0) is 8.55. The quantitative estimate of drug-likeness (QED) is 0.603. The first-order valence-electron chi connectivity index (χ1n) is 3.89. The third-order valence-electron chi connectivity index (χ3n) is 1.98. The van der Waals surface area contributed by atoms with Gasteiger partial charge in [0.2, 0.25) is 0 Å². The lowest BCUT2D eigenvalue weighted by molar-refractivity contribution is 0.282. The van der Waals surface area contributed by atoms with E-state index < -0.39 is 0 Å². The van der Waals surface area contributed by atoms with Crippen LogP contribution < -0.4 is 5.46 Å². The lowest BCUT2D eigenvalue weighted by Gasteiger charge is -1.99. The molecule has 0 aliphatic heterocycles. The van der Waals surface area contributed by atoms with Gasteiger partial charge in [0.1, 0.15) is 13.4 Å². The molecule has 2 aromatic rings. The molecule has 1 aromatic carbocycles. The minimum absolute atomic E-state index is 0.0853. The van der Waals surface area contributed by atoms with Gasteiger partial charge in [0.25, 0.3) is 0 Å². The van der Waals surface area contributed by atoms with Gasteiger partial charge in [-0.25, -0.2) is 0 Å².